The normalized spacial score (nSPS) is 10.4. The van der Waals surface area contributed by atoms with Crippen LogP contribution >= 0.6 is 12.6 Å². The molecule has 0 radical (unpaired) electrons. The van der Waals surface area contributed by atoms with Gasteiger partial charge < -0.3 is 0 Å². The number of aryl methyl sites for hydroxylation is 3. The van der Waals surface area contributed by atoms with Crippen LogP contribution in [0.15, 0.2) is 12.1 Å². The van der Waals surface area contributed by atoms with Crippen LogP contribution in [0, 0.1) is 0 Å². The standard InChI is InChI=1S/C13H18OS/c1-4-9-7-10(5-2)12(13(14)15)11(6-3)8-9/h7-8H,4-6H2,1-3H3,(H,14,15). The minimum absolute atomic E-state index is 0.105. The van der Waals surface area contributed by atoms with Crippen LogP contribution in [-0.2, 0) is 19.3 Å². The molecule has 1 rings (SSSR count). The van der Waals surface area contributed by atoms with E-state index >= 15 is 0 Å². The van der Waals surface area contributed by atoms with Gasteiger partial charge in [0.25, 0.3) is 0 Å². The highest BCUT2D eigenvalue weighted by atomic mass is 32.1. The van der Waals surface area contributed by atoms with Crippen LogP contribution in [0.5, 0.6) is 0 Å². The zero-order valence-corrected chi connectivity index (χ0v) is 10.5. The average Bonchev–Trinajstić information content (AvgIpc) is 2.26. The minimum Gasteiger partial charge on any atom is -0.282 e. The molecule has 0 atom stereocenters. The Morgan fingerprint density at radius 2 is 1.53 bits per heavy atom. The van der Waals surface area contributed by atoms with Gasteiger partial charge in [0.2, 0.25) is 5.12 Å². The molecule has 0 saturated carbocycles. The maximum Gasteiger partial charge on any atom is 0.216 e. The summed E-state index contributed by atoms with van der Waals surface area (Å²) in [5.41, 5.74) is 4.39. The third kappa shape index (κ3) is 2.63. The SMILES string of the molecule is CCc1cc(CC)c(C(=O)S)c(CC)c1. The first-order valence-corrected chi connectivity index (χ1v) is 5.96. The lowest BCUT2D eigenvalue weighted by molar-refractivity contribution is 0.108. The molecule has 0 aromatic heterocycles. The maximum atomic E-state index is 11.5. The fraction of sp³-hybridized carbons (Fsp3) is 0.462. The average molecular weight is 222 g/mol. The van der Waals surface area contributed by atoms with Gasteiger partial charge in [-0.1, -0.05) is 32.9 Å². The topological polar surface area (TPSA) is 17.1 Å². The van der Waals surface area contributed by atoms with Crippen molar-refractivity contribution in [2.45, 2.75) is 40.0 Å². The predicted octanol–water partition coefficient (Wildman–Crippen LogP) is 3.44. The van der Waals surface area contributed by atoms with Gasteiger partial charge in [-0.2, -0.15) is 0 Å². The van der Waals surface area contributed by atoms with Crippen LogP contribution in [0.3, 0.4) is 0 Å². The monoisotopic (exact) mass is 222 g/mol. The van der Waals surface area contributed by atoms with Crippen molar-refractivity contribution in [1.29, 1.82) is 0 Å². The lowest BCUT2D eigenvalue weighted by atomic mass is 9.94. The van der Waals surface area contributed by atoms with Gasteiger partial charge in [0.1, 0.15) is 0 Å². The van der Waals surface area contributed by atoms with Crippen molar-refractivity contribution >= 4 is 17.7 Å². The van der Waals surface area contributed by atoms with Crippen LogP contribution in [0.25, 0.3) is 0 Å². The Bertz CT molecular complexity index is 344. The number of hydrogen-bond donors (Lipinski definition) is 1. The first-order chi connectivity index (χ1) is 7.13. The molecule has 82 valence electrons. The van der Waals surface area contributed by atoms with Crippen LogP contribution in [0.1, 0.15) is 47.8 Å². The van der Waals surface area contributed by atoms with E-state index in [0.717, 1.165) is 36.0 Å². The Morgan fingerprint density at radius 3 is 1.80 bits per heavy atom. The molecule has 0 fully saturated rings. The van der Waals surface area contributed by atoms with Gasteiger partial charge in [0.05, 0.1) is 0 Å². The Kier molecular flexibility index (Phi) is 4.40. The van der Waals surface area contributed by atoms with E-state index in [0.29, 0.717) is 0 Å². The van der Waals surface area contributed by atoms with Crippen molar-refractivity contribution in [2.24, 2.45) is 0 Å². The third-order valence-corrected chi connectivity index (χ3v) is 2.97. The second-order valence-corrected chi connectivity index (χ2v) is 4.06. The third-order valence-electron chi connectivity index (χ3n) is 2.75. The lowest BCUT2D eigenvalue weighted by Crippen LogP contribution is -2.04. The molecule has 0 aliphatic heterocycles. The van der Waals surface area contributed by atoms with Crippen molar-refractivity contribution in [3.05, 3.63) is 34.4 Å². The molecule has 2 heteroatoms. The molecular formula is C13H18OS. The van der Waals surface area contributed by atoms with E-state index in [9.17, 15) is 4.79 Å². The summed E-state index contributed by atoms with van der Waals surface area (Å²) in [6, 6.07) is 4.26. The molecule has 0 aliphatic carbocycles. The number of thiol groups is 1. The summed E-state index contributed by atoms with van der Waals surface area (Å²) >= 11 is 3.96. The number of hydrogen-bond acceptors (Lipinski definition) is 1. The Labute approximate surface area is 97.3 Å². The molecule has 0 amide bonds. The van der Waals surface area contributed by atoms with E-state index in [1.165, 1.54) is 5.56 Å². The van der Waals surface area contributed by atoms with Gasteiger partial charge >= 0.3 is 0 Å². The second kappa shape index (κ2) is 5.36. The largest absolute Gasteiger partial charge is 0.282 e. The van der Waals surface area contributed by atoms with Gasteiger partial charge in [-0.3, -0.25) is 4.79 Å². The fourth-order valence-electron chi connectivity index (χ4n) is 1.88. The molecule has 1 aromatic rings. The highest BCUT2D eigenvalue weighted by Crippen LogP contribution is 2.21. The molecular weight excluding hydrogens is 204 g/mol. The first kappa shape index (κ1) is 12.3. The van der Waals surface area contributed by atoms with Crippen LogP contribution < -0.4 is 0 Å². The number of rotatable bonds is 4. The summed E-state index contributed by atoms with van der Waals surface area (Å²) in [6.07, 6.45) is 2.80. The van der Waals surface area contributed by atoms with Crippen LogP contribution in [0.2, 0.25) is 0 Å². The van der Waals surface area contributed by atoms with Crippen molar-refractivity contribution < 1.29 is 4.79 Å². The molecule has 0 spiro atoms. The molecule has 0 aliphatic rings. The second-order valence-electron chi connectivity index (χ2n) is 3.65. The van der Waals surface area contributed by atoms with Gasteiger partial charge in [0.15, 0.2) is 0 Å². The van der Waals surface area contributed by atoms with Crippen molar-refractivity contribution in [3.63, 3.8) is 0 Å². The highest BCUT2D eigenvalue weighted by molar-refractivity contribution is 7.97. The summed E-state index contributed by atoms with van der Waals surface area (Å²) < 4.78 is 0. The highest BCUT2D eigenvalue weighted by Gasteiger charge is 2.12. The van der Waals surface area contributed by atoms with E-state index in [4.69, 9.17) is 0 Å². The Hall–Kier alpha value is -0.760. The molecule has 1 nitrogen and oxygen atoms in total. The predicted molar refractivity (Wildman–Crippen MR) is 67.9 cm³/mol. The summed E-state index contributed by atoms with van der Waals surface area (Å²) in [7, 11) is 0. The van der Waals surface area contributed by atoms with E-state index in [1.807, 2.05) is 0 Å². The number of benzene rings is 1. The van der Waals surface area contributed by atoms with Gasteiger partial charge in [-0.25, -0.2) is 0 Å². The van der Waals surface area contributed by atoms with Crippen LogP contribution in [0.4, 0.5) is 0 Å². The van der Waals surface area contributed by atoms with Gasteiger partial charge in [0, 0.05) is 5.56 Å². The number of carbonyl (C=O) groups excluding carboxylic acids is 1. The molecule has 0 N–H and O–H groups in total. The van der Waals surface area contributed by atoms with E-state index in [1.54, 1.807) is 0 Å². The van der Waals surface area contributed by atoms with E-state index in [2.05, 4.69) is 45.5 Å². The van der Waals surface area contributed by atoms with Crippen LogP contribution in [-0.4, -0.2) is 5.12 Å². The molecule has 0 bridgehead atoms. The van der Waals surface area contributed by atoms with Crippen molar-refractivity contribution in [1.82, 2.24) is 0 Å². The Balaban J connectivity index is 3.39. The molecule has 1 aromatic carbocycles. The summed E-state index contributed by atoms with van der Waals surface area (Å²) in [5, 5.41) is -0.105. The summed E-state index contributed by atoms with van der Waals surface area (Å²) in [4.78, 5) is 11.5. The molecule has 0 heterocycles. The first-order valence-electron chi connectivity index (χ1n) is 5.51. The molecule has 15 heavy (non-hydrogen) atoms. The maximum absolute atomic E-state index is 11.5. The lowest BCUT2D eigenvalue weighted by Gasteiger charge is -2.12. The smallest absolute Gasteiger partial charge is 0.216 e. The van der Waals surface area contributed by atoms with E-state index in [-0.39, 0.29) is 5.12 Å². The summed E-state index contributed by atoms with van der Waals surface area (Å²) in [6.45, 7) is 6.29. The zero-order chi connectivity index (χ0) is 11.4. The minimum atomic E-state index is -0.105. The zero-order valence-electron chi connectivity index (χ0n) is 9.63. The van der Waals surface area contributed by atoms with Crippen molar-refractivity contribution in [2.75, 3.05) is 0 Å². The quantitative estimate of drug-likeness (QED) is 0.772. The van der Waals surface area contributed by atoms with Gasteiger partial charge in [-0.15, -0.1) is 12.6 Å². The van der Waals surface area contributed by atoms with Crippen molar-refractivity contribution in [3.8, 4) is 0 Å². The Morgan fingerprint density at radius 1 is 1.07 bits per heavy atom. The van der Waals surface area contributed by atoms with Gasteiger partial charge in [-0.05, 0) is 36.0 Å². The molecule has 0 saturated heterocycles. The fourth-order valence-corrected chi connectivity index (χ4v) is 2.16. The van der Waals surface area contributed by atoms with E-state index < -0.39 is 0 Å². The summed E-state index contributed by atoms with van der Waals surface area (Å²) in [5.74, 6) is 0. The molecule has 0 unspecified atom stereocenters. The number of carbonyl (C=O) groups is 1.